The number of carboxylic acids is 1. The van der Waals surface area contributed by atoms with E-state index in [-0.39, 0.29) is 11.4 Å². The lowest BCUT2D eigenvalue weighted by atomic mass is 10.3. The summed E-state index contributed by atoms with van der Waals surface area (Å²) in [6.45, 7) is 7.78. The Hall–Kier alpha value is -2.63. The largest absolute Gasteiger partial charge is 0.476 e. The third-order valence-corrected chi connectivity index (χ3v) is 2.24. The van der Waals surface area contributed by atoms with E-state index in [9.17, 15) is 9.59 Å². The van der Waals surface area contributed by atoms with E-state index in [0.717, 1.165) is 0 Å². The SMILES string of the molecule is C=CCN(CC=C)C(=O)Nc1cccnc1C(=O)O. The van der Waals surface area contributed by atoms with Gasteiger partial charge >= 0.3 is 12.0 Å². The number of pyridine rings is 1. The van der Waals surface area contributed by atoms with Crippen LogP contribution in [0.1, 0.15) is 10.5 Å². The number of carboxylic acid groups (broad SMARTS) is 1. The van der Waals surface area contributed by atoms with Crippen molar-refractivity contribution in [3.05, 3.63) is 49.3 Å². The molecule has 0 aliphatic heterocycles. The van der Waals surface area contributed by atoms with Crippen molar-refractivity contribution in [2.45, 2.75) is 0 Å². The topological polar surface area (TPSA) is 82.5 Å². The van der Waals surface area contributed by atoms with Gasteiger partial charge in [0.1, 0.15) is 0 Å². The van der Waals surface area contributed by atoms with Crippen molar-refractivity contribution in [2.75, 3.05) is 18.4 Å². The van der Waals surface area contributed by atoms with Crippen LogP contribution in [0.4, 0.5) is 10.5 Å². The molecule has 2 N–H and O–H groups in total. The van der Waals surface area contributed by atoms with Gasteiger partial charge in [-0.1, -0.05) is 12.2 Å². The Balaban J connectivity index is 2.88. The fraction of sp³-hybridized carbons (Fsp3) is 0.154. The van der Waals surface area contributed by atoms with Crippen molar-refractivity contribution in [1.82, 2.24) is 9.88 Å². The van der Waals surface area contributed by atoms with Crippen molar-refractivity contribution in [1.29, 1.82) is 0 Å². The van der Waals surface area contributed by atoms with E-state index in [1.165, 1.54) is 17.2 Å². The van der Waals surface area contributed by atoms with E-state index in [2.05, 4.69) is 23.5 Å². The summed E-state index contributed by atoms with van der Waals surface area (Å²) in [4.78, 5) is 28.1. The molecule has 1 aromatic rings. The number of nitrogens with zero attached hydrogens (tertiary/aromatic N) is 2. The summed E-state index contributed by atoms with van der Waals surface area (Å²) in [6, 6.07) is 2.59. The molecule has 1 aromatic heterocycles. The highest BCUT2D eigenvalue weighted by Gasteiger charge is 2.16. The quantitative estimate of drug-likeness (QED) is 0.767. The van der Waals surface area contributed by atoms with E-state index in [1.54, 1.807) is 18.2 Å². The lowest BCUT2D eigenvalue weighted by Crippen LogP contribution is -2.35. The number of nitrogens with one attached hydrogen (secondary N) is 1. The lowest BCUT2D eigenvalue weighted by Gasteiger charge is -2.20. The van der Waals surface area contributed by atoms with E-state index in [0.29, 0.717) is 13.1 Å². The van der Waals surface area contributed by atoms with Crippen molar-refractivity contribution in [2.24, 2.45) is 0 Å². The first-order chi connectivity index (χ1) is 9.10. The highest BCUT2D eigenvalue weighted by molar-refractivity contribution is 5.98. The summed E-state index contributed by atoms with van der Waals surface area (Å²) >= 11 is 0. The molecule has 0 saturated carbocycles. The minimum absolute atomic E-state index is 0.151. The summed E-state index contributed by atoms with van der Waals surface area (Å²) in [5.74, 6) is -1.20. The fourth-order valence-electron chi connectivity index (χ4n) is 1.42. The molecule has 0 unspecified atom stereocenters. The molecular formula is C13H15N3O3. The van der Waals surface area contributed by atoms with Crippen LogP contribution in [0.5, 0.6) is 0 Å². The summed E-state index contributed by atoms with van der Waals surface area (Å²) in [5.41, 5.74) is -0.0499. The molecule has 0 spiro atoms. The van der Waals surface area contributed by atoms with Gasteiger partial charge in [-0.3, -0.25) is 0 Å². The van der Waals surface area contributed by atoms with Crippen molar-refractivity contribution < 1.29 is 14.7 Å². The number of aromatic carboxylic acids is 1. The predicted molar refractivity (Wildman–Crippen MR) is 72.2 cm³/mol. The Morgan fingerprint density at radius 3 is 2.53 bits per heavy atom. The minimum Gasteiger partial charge on any atom is -0.476 e. The maximum Gasteiger partial charge on any atom is 0.356 e. The van der Waals surface area contributed by atoms with Crippen LogP contribution in [0.25, 0.3) is 0 Å². The van der Waals surface area contributed by atoms with Gasteiger partial charge in [0, 0.05) is 19.3 Å². The highest BCUT2D eigenvalue weighted by Crippen LogP contribution is 2.12. The van der Waals surface area contributed by atoms with Crippen LogP contribution in [0.2, 0.25) is 0 Å². The number of urea groups is 1. The van der Waals surface area contributed by atoms with Crippen LogP contribution < -0.4 is 5.32 Å². The molecule has 6 heteroatoms. The predicted octanol–water partition coefficient (Wildman–Crippen LogP) is 1.99. The number of hydrogen-bond acceptors (Lipinski definition) is 3. The van der Waals surface area contributed by atoms with Crippen molar-refractivity contribution in [3.63, 3.8) is 0 Å². The molecule has 0 atom stereocenters. The Bertz CT molecular complexity index is 490. The molecule has 0 aliphatic rings. The monoisotopic (exact) mass is 261 g/mol. The van der Waals surface area contributed by atoms with Crippen LogP contribution in [-0.4, -0.2) is 40.1 Å². The van der Waals surface area contributed by atoms with Crippen LogP contribution in [-0.2, 0) is 0 Å². The molecule has 100 valence electrons. The standard InChI is InChI=1S/C13H15N3O3/c1-3-8-16(9-4-2)13(19)15-10-6-5-7-14-11(10)12(17)18/h3-7H,1-2,8-9H2,(H,15,19)(H,17,18). The third kappa shape index (κ3) is 3.95. The smallest absolute Gasteiger partial charge is 0.356 e. The number of anilines is 1. The van der Waals surface area contributed by atoms with E-state index in [1.807, 2.05) is 0 Å². The zero-order valence-corrected chi connectivity index (χ0v) is 10.4. The molecule has 1 rings (SSSR count). The Morgan fingerprint density at radius 2 is 2.00 bits per heavy atom. The Kier molecular flexibility index (Phi) is 5.28. The number of carbonyl (C=O) groups is 2. The molecule has 0 saturated heterocycles. The highest BCUT2D eigenvalue weighted by atomic mass is 16.4. The number of carbonyl (C=O) groups excluding carboxylic acids is 1. The first-order valence-corrected chi connectivity index (χ1v) is 5.56. The number of rotatable bonds is 6. The maximum atomic E-state index is 12.0. The second-order valence-electron chi connectivity index (χ2n) is 3.62. The van der Waals surface area contributed by atoms with Gasteiger partial charge in [0.25, 0.3) is 0 Å². The summed E-state index contributed by atoms with van der Waals surface area (Å²) in [7, 11) is 0. The van der Waals surface area contributed by atoms with E-state index < -0.39 is 12.0 Å². The molecule has 19 heavy (non-hydrogen) atoms. The number of aromatic nitrogens is 1. The summed E-state index contributed by atoms with van der Waals surface area (Å²) < 4.78 is 0. The average Bonchev–Trinajstić information content (AvgIpc) is 2.38. The van der Waals surface area contributed by atoms with Gasteiger partial charge in [-0.05, 0) is 12.1 Å². The van der Waals surface area contributed by atoms with Gasteiger partial charge in [-0.15, -0.1) is 13.2 Å². The van der Waals surface area contributed by atoms with Gasteiger partial charge in [0.15, 0.2) is 5.69 Å². The van der Waals surface area contributed by atoms with Crippen LogP contribution >= 0.6 is 0 Å². The lowest BCUT2D eigenvalue weighted by molar-refractivity contribution is 0.0691. The van der Waals surface area contributed by atoms with Crippen LogP contribution in [0.15, 0.2) is 43.6 Å². The molecule has 6 nitrogen and oxygen atoms in total. The molecule has 0 fully saturated rings. The first-order valence-electron chi connectivity index (χ1n) is 5.56. The normalized spacial score (nSPS) is 9.47. The molecule has 0 bridgehead atoms. The molecule has 1 heterocycles. The zero-order valence-electron chi connectivity index (χ0n) is 10.4. The van der Waals surface area contributed by atoms with Crippen LogP contribution in [0, 0.1) is 0 Å². The second-order valence-corrected chi connectivity index (χ2v) is 3.62. The van der Waals surface area contributed by atoms with Crippen LogP contribution in [0.3, 0.4) is 0 Å². The van der Waals surface area contributed by atoms with Crippen molar-refractivity contribution >= 4 is 17.7 Å². The molecule has 2 amide bonds. The Morgan fingerprint density at radius 1 is 1.37 bits per heavy atom. The van der Waals surface area contributed by atoms with Gasteiger partial charge in [0.2, 0.25) is 0 Å². The summed E-state index contributed by atoms with van der Waals surface area (Å²) in [5, 5.41) is 11.5. The first kappa shape index (κ1) is 14.4. The molecule has 0 aliphatic carbocycles. The van der Waals surface area contributed by atoms with Gasteiger partial charge in [-0.25, -0.2) is 14.6 Å². The number of hydrogen-bond donors (Lipinski definition) is 2. The van der Waals surface area contributed by atoms with E-state index in [4.69, 9.17) is 5.11 Å². The fourth-order valence-corrected chi connectivity index (χ4v) is 1.42. The van der Waals surface area contributed by atoms with Gasteiger partial charge < -0.3 is 15.3 Å². The van der Waals surface area contributed by atoms with Crippen molar-refractivity contribution in [3.8, 4) is 0 Å². The Labute approximate surface area is 111 Å². The minimum atomic E-state index is -1.20. The second kappa shape index (κ2) is 6.95. The summed E-state index contributed by atoms with van der Waals surface area (Å²) in [6.07, 6.45) is 4.50. The number of amides is 2. The molecule has 0 aromatic carbocycles. The average molecular weight is 261 g/mol. The maximum absolute atomic E-state index is 12.0. The molecular weight excluding hydrogens is 246 g/mol. The van der Waals surface area contributed by atoms with Gasteiger partial charge in [0.05, 0.1) is 5.69 Å². The van der Waals surface area contributed by atoms with E-state index >= 15 is 0 Å². The zero-order chi connectivity index (χ0) is 14.3. The third-order valence-electron chi connectivity index (χ3n) is 2.24. The molecule has 0 radical (unpaired) electrons. The van der Waals surface area contributed by atoms with Gasteiger partial charge in [-0.2, -0.15) is 0 Å².